The summed E-state index contributed by atoms with van der Waals surface area (Å²) in [6.45, 7) is 2.61. The van der Waals surface area contributed by atoms with Crippen LogP contribution in [-0.4, -0.2) is 142 Å². The van der Waals surface area contributed by atoms with Crippen LogP contribution < -0.4 is 0 Å². The molecule has 0 aromatic heterocycles. The third-order valence-electron chi connectivity index (χ3n) is 13.3. The van der Waals surface area contributed by atoms with Crippen LogP contribution in [0.15, 0.2) is 0 Å². The average molecular weight is 963 g/mol. The summed E-state index contributed by atoms with van der Waals surface area (Å²) < 4.78 is 33.6. The molecule has 0 spiro atoms. The van der Waals surface area contributed by atoms with Crippen LogP contribution in [0.1, 0.15) is 226 Å². The van der Waals surface area contributed by atoms with Crippen molar-refractivity contribution in [2.45, 2.75) is 293 Å². The first-order valence-electron chi connectivity index (χ1n) is 27.1. The van der Waals surface area contributed by atoms with E-state index in [0.29, 0.717) is 12.8 Å². The van der Waals surface area contributed by atoms with Crippen LogP contribution in [0.3, 0.4) is 0 Å². The van der Waals surface area contributed by atoms with Gasteiger partial charge in [0.05, 0.1) is 19.8 Å². The molecule has 396 valence electrons. The zero-order valence-corrected chi connectivity index (χ0v) is 41.9. The summed E-state index contributed by atoms with van der Waals surface area (Å²) in [5, 5.41) is 72.1. The SMILES string of the molecule is CCCCCCCCCCCCCCCCCCCCCCCC(=O)OC(COC(=O)CCCCCCCCCCCC)COC1OC(COC2OC(CO)C(O)C(O)C2O)C(O)C(O)C1O. The minimum atomic E-state index is -1.76. The molecule has 15 nitrogen and oxygen atoms in total. The summed E-state index contributed by atoms with van der Waals surface area (Å²) in [7, 11) is 0. The summed E-state index contributed by atoms with van der Waals surface area (Å²) in [5.74, 6) is -0.911. The van der Waals surface area contributed by atoms with Crippen LogP contribution in [0.2, 0.25) is 0 Å². The Bertz CT molecular complexity index is 1180. The number of ether oxygens (including phenoxy) is 6. The highest BCUT2D eigenvalue weighted by Crippen LogP contribution is 2.27. The molecule has 0 radical (unpaired) electrons. The van der Waals surface area contributed by atoms with E-state index in [1.165, 1.54) is 148 Å². The first kappa shape index (κ1) is 61.6. The highest BCUT2D eigenvalue weighted by Gasteiger charge is 2.47. The average Bonchev–Trinajstić information content (AvgIpc) is 3.32. The normalized spacial score (nSPS) is 25.9. The third kappa shape index (κ3) is 28.2. The Kier molecular flexibility index (Phi) is 36.9. The van der Waals surface area contributed by atoms with Gasteiger partial charge in [-0.2, -0.15) is 0 Å². The largest absolute Gasteiger partial charge is 0.462 e. The van der Waals surface area contributed by atoms with Gasteiger partial charge >= 0.3 is 11.9 Å². The lowest BCUT2D eigenvalue weighted by molar-refractivity contribution is -0.332. The molecule has 67 heavy (non-hydrogen) atoms. The van der Waals surface area contributed by atoms with Crippen molar-refractivity contribution in [3.8, 4) is 0 Å². The molecule has 0 bridgehead atoms. The van der Waals surface area contributed by atoms with Crippen LogP contribution in [0.25, 0.3) is 0 Å². The molecule has 2 aliphatic heterocycles. The summed E-state index contributed by atoms with van der Waals surface area (Å²) >= 11 is 0. The maximum Gasteiger partial charge on any atom is 0.306 e. The van der Waals surface area contributed by atoms with E-state index < -0.39 is 92.7 Å². The number of hydrogen-bond donors (Lipinski definition) is 7. The molecule has 11 atom stereocenters. The molecule has 2 aliphatic rings. The topological polar surface area (TPSA) is 231 Å². The Labute approximate surface area is 404 Å². The van der Waals surface area contributed by atoms with Crippen molar-refractivity contribution in [3.63, 3.8) is 0 Å². The van der Waals surface area contributed by atoms with Gasteiger partial charge < -0.3 is 64.2 Å². The molecule has 2 fully saturated rings. The highest BCUT2D eigenvalue weighted by molar-refractivity contribution is 5.70. The van der Waals surface area contributed by atoms with E-state index in [4.69, 9.17) is 28.4 Å². The molecule has 0 amide bonds. The second-order valence-electron chi connectivity index (χ2n) is 19.4. The van der Waals surface area contributed by atoms with Gasteiger partial charge in [-0.25, -0.2) is 0 Å². The number of carbonyl (C=O) groups is 2. The quantitative estimate of drug-likeness (QED) is 0.0227. The van der Waals surface area contributed by atoms with Crippen molar-refractivity contribution in [1.29, 1.82) is 0 Å². The van der Waals surface area contributed by atoms with Crippen molar-refractivity contribution in [3.05, 3.63) is 0 Å². The third-order valence-corrected chi connectivity index (χ3v) is 13.3. The second kappa shape index (κ2) is 40.1. The first-order valence-corrected chi connectivity index (χ1v) is 27.1. The van der Waals surface area contributed by atoms with Crippen molar-refractivity contribution in [2.75, 3.05) is 26.4 Å². The summed E-state index contributed by atoms with van der Waals surface area (Å²) in [6.07, 6.45) is 21.4. The first-order chi connectivity index (χ1) is 32.5. The van der Waals surface area contributed by atoms with Crippen LogP contribution in [0, 0.1) is 0 Å². The van der Waals surface area contributed by atoms with Crippen molar-refractivity contribution in [2.24, 2.45) is 0 Å². The second-order valence-corrected chi connectivity index (χ2v) is 19.4. The van der Waals surface area contributed by atoms with Gasteiger partial charge in [-0.3, -0.25) is 9.59 Å². The molecule has 0 aromatic rings. The van der Waals surface area contributed by atoms with Crippen molar-refractivity contribution in [1.82, 2.24) is 0 Å². The number of rotatable bonds is 43. The van der Waals surface area contributed by atoms with Gasteiger partial charge in [-0.15, -0.1) is 0 Å². The lowest BCUT2D eigenvalue weighted by Crippen LogP contribution is -2.61. The Morgan fingerprint density at radius 3 is 1.16 bits per heavy atom. The minimum absolute atomic E-state index is 0.174. The molecule has 15 heteroatoms. The summed E-state index contributed by atoms with van der Waals surface area (Å²) in [4.78, 5) is 25.7. The zero-order valence-electron chi connectivity index (χ0n) is 41.9. The number of aliphatic hydroxyl groups is 7. The minimum Gasteiger partial charge on any atom is -0.462 e. The lowest BCUT2D eigenvalue weighted by Gasteiger charge is -2.42. The van der Waals surface area contributed by atoms with Crippen LogP contribution >= 0.6 is 0 Å². The van der Waals surface area contributed by atoms with Gasteiger partial charge in [0.1, 0.15) is 55.4 Å². The smallest absolute Gasteiger partial charge is 0.306 e. The molecule has 11 unspecified atom stereocenters. The number of esters is 2. The van der Waals surface area contributed by atoms with Gasteiger partial charge in [0.25, 0.3) is 0 Å². The molecule has 2 rings (SSSR count). The summed E-state index contributed by atoms with van der Waals surface area (Å²) in [6, 6.07) is 0. The molecule has 2 heterocycles. The number of aliphatic hydroxyl groups excluding tert-OH is 7. The Morgan fingerprint density at radius 2 is 0.761 bits per heavy atom. The number of carbonyl (C=O) groups excluding carboxylic acids is 2. The van der Waals surface area contributed by atoms with E-state index in [-0.39, 0.29) is 26.1 Å². The fraction of sp³-hybridized carbons (Fsp3) is 0.962. The predicted octanol–water partition coefficient (Wildman–Crippen LogP) is 8.00. The molecule has 2 saturated heterocycles. The maximum absolute atomic E-state index is 13.0. The van der Waals surface area contributed by atoms with Crippen LogP contribution in [-0.2, 0) is 38.0 Å². The van der Waals surface area contributed by atoms with E-state index in [0.717, 1.165) is 38.5 Å². The van der Waals surface area contributed by atoms with E-state index in [1.807, 2.05) is 0 Å². The summed E-state index contributed by atoms with van der Waals surface area (Å²) in [5.41, 5.74) is 0. The van der Waals surface area contributed by atoms with E-state index in [9.17, 15) is 45.3 Å². The molecule has 0 saturated carbocycles. The highest BCUT2D eigenvalue weighted by atomic mass is 16.7. The number of unbranched alkanes of at least 4 members (excludes halogenated alkanes) is 29. The van der Waals surface area contributed by atoms with Gasteiger partial charge in [0.15, 0.2) is 18.7 Å². The van der Waals surface area contributed by atoms with Crippen molar-refractivity contribution < 1.29 is 73.8 Å². The Hall–Kier alpha value is -1.50. The predicted molar refractivity (Wildman–Crippen MR) is 257 cm³/mol. The van der Waals surface area contributed by atoms with Gasteiger partial charge in [-0.1, -0.05) is 200 Å². The molecule has 7 N–H and O–H groups in total. The molecular weight excluding hydrogens is 865 g/mol. The lowest BCUT2D eigenvalue weighted by atomic mass is 9.98. The molecular formula is C52H98O15. The maximum atomic E-state index is 13.0. The van der Waals surface area contributed by atoms with E-state index in [1.54, 1.807) is 0 Å². The monoisotopic (exact) mass is 963 g/mol. The fourth-order valence-electron chi connectivity index (χ4n) is 8.87. The Morgan fingerprint density at radius 1 is 0.418 bits per heavy atom. The Balaban J connectivity index is 1.74. The number of hydrogen-bond acceptors (Lipinski definition) is 15. The van der Waals surface area contributed by atoms with Crippen molar-refractivity contribution >= 4 is 11.9 Å². The van der Waals surface area contributed by atoms with E-state index >= 15 is 0 Å². The van der Waals surface area contributed by atoms with Gasteiger partial charge in [-0.05, 0) is 12.8 Å². The fourth-order valence-corrected chi connectivity index (χ4v) is 8.87. The molecule has 0 aliphatic carbocycles. The van der Waals surface area contributed by atoms with Gasteiger partial charge in [0, 0.05) is 12.8 Å². The standard InChI is InChI=1S/C52H98O15/c1-3-5-7-9-11-13-15-16-17-18-19-20-21-22-23-24-25-27-29-31-33-35-44(55)65-40(37-62-43(54)34-32-30-28-26-14-12-10-8-6-4-2)38-63-51-50(61)48(59)46(57)42(67-51)39-64-52-49(60)47(58)45(56)41(36-53)66-52/h40-42,45-53,56-61H,3-39H2,1-2H3. The van der Waals surface area contributed by atoms with E-state index in [2.05, 4.69) is 13.8 Å². The molecule has 0 aromatic carbocycles. The van der Waals surface area contributed by atoms with Crippen LogP contribution in [0.4, 0.5) is 0 Å². The van der Waals surface area contributed by atoms with Gasteiger partial charge in [0.2, 0.25) is 0 Å². The zero-order chi connectivity index (χ0) is 48.9. The van der Waals surface area contributed by atoms with Crippen LogP contribution in [0.5, 0.6) is 0 Å².